The van der Waals surface area contributed by atoms with E-state index in [9.17, 15) is 0 Å². The molecule has 0 aromatic carbocycles. The van der Waals surface area contributed by atoms with Crippen LogP contribution in [0, 0.1) is 0 Å². The van der Waals surface area contributed by atoms with Crippen molar-refractivity contribution in [1.82, 2.24) is 0 Å². The van der Waals surface area contributed by atoms with Crippen LogP contribution in [0.15, 0.2) is 12.8 Å². The van der Waals surface area contributed by atoms with Crippen LogP contribution < -0.4 is 0 Å². The first kappa shape index (κ1) is 11.0. The Bertz CT molecular complexity index is 133. The molecule has 11 heavy (non-hydrogen) atoms. The fourth-order valence-electron chi connectivity index (χ4n) is 1.28. The SMILES string of the molecule is C=COC(C)(C)CC(C)(C)Br. The molecule has 0 unspecified atom stereocenters. The van der Waals surface area contributed by atoms with Crippen LogP contribution in [-0.2, 0) is 4.74 Å². The van der Waals surface area contributed by atoms with Crippen molar-refractivity contribution >= 4 is 15.9 Å². The fourth-order valence-corrected chi connectivity index (χ4v) is 1.95. The molecule has 0 atom stereocenters. The van der Waals surface area contributed by atoms with Gasteiger partial charge in [-0.15, -0.1) is 0 Å². The van der Waals surface area contributed by atoms with Crippen molar-refractivity contribution in [2.45, 2.75) is 44.0 Å². The van der Waals surface area contributed by atoms with E-state index in [1.807, 2.05) is 0 Å². The molecule has 1 nitrogen and oxygen atoms in total. The molecule has 66 valence electrons. The van der Waals surface area contributed by atoms with Crippen molar-refractivity contribution in [1.29, 1.82) is 0 Å². The van der Waals surface area contributed by atoms with Crippen LogP contribution in [0.2, 0.25) is 0 Å². The summed E-state index contributed by atoms with van der Waals surface area (Å²) in [5.41, 5.74) is -0.130. The summed E-state index contributed by atoms with van der Waals surface area (Å²) >= 11 is 3.57. The Morgan fingerprint density at radius 2 is 1.82 bits per heavy atom. The largest absolute Gasteiger partial charge is 0.496 e. The Hall–Kier alpha value is 0.0200. The molecule has 0 saturated carbocycles. The van der Waals surface area contributed by atoms with Crippen LogP contribution >= 0.6 is 15.9 Å². The van der Waals surface area contributed by atoms with Gasteiger partial charge >= 0.3 is 0 Å². The van der Waals surface area contributed by atoms with E-state index < -0.39 is 0 Å². The second kappa shape index (κ2) is 3.61. The van der Waals surface area contributed by atoms with E-state index in [0.717, 1.165) is 6.42 Å². The van der Waals surface area contributed by atoms with E-state index in [2.05, 4.69) is 50.2 Å². The molecule has 0 fully saturated rings. The lowest BCUT2D eigenvalue weighted by Crippen LogP contribution is -2.30. The number of halogens is 1. The fraction of sp³-hybridized carbons (Fsp3) is 0.778. The molecule has 0 radical (unpaired) electrons. The minimum atomic E-state index is -0.130. The van der Waals surface area contributed by atoms with Gasteiger partial charge in [0, 0.05) is 10.7 Å². The van der Waals surface area contributed by atoms with Gasteiger partial charge in [0.25, 0.3) is 0 Å². The average molecular weight is 221 g/mol. The highest BCUT2D eigenvalue weighted by Crippen LogP contribution is 2.29. The maximum absolute atomic E-state index is 5.34. The second-order valence-corrected chi connectivity index (χ2v) is 6.09. The van der Waals surface area contributed by atoms with Crippen LogP contribution in [-0.4, -0.2) is 9.93 Å². The Morgan fingerprint density at radius 3 is 2.09 bits per heavy atom. The van der Waals surface area contributed by atoms with Gasteiger partial charge in [0.1, 0.15) is 5.60 Å². The maximum Gasteiger partial charge on any atom is 0.104 e. The average Bonchev–Trinajstić information content (AvgIpc) is 1.55. The Morgan fingerprint density at radius 1 is 1.36 bits per heavy atom. The first-order valence-corrected chi connectivity index (χ1v) is 4.54. The topological polar surface area (TPSA) is 9.23 Å². The van der Waals surface area contributed by atoms with E-state index in [0.29, 0.717) is 0 Å². The van der Waals surface area contributed by atoms with Gasteiger partial charge in [0.05, 0.1) is 6.26 Å². The smallest absolute Gasteiger partial charge is 0.104 e. The van der Waals surface area contributed by atoms with Crippen LogP contribution in [0.4, 0.5) is 0 Å². The second-order valence-electron chi connectivity index (χ2n) is 3.94. The Balaban J connectivity index is 4.00. The minimum Gasteiger partial charge on any atom is -0.496 e. The predicted molar refractivity (Wildman–Crippen MR) is 53.0 cm³/mol. The third kappa shape index (κ3) is 6.42. The zero-order valence-corrected chi connectivity index (χ0v) is 9.36. The van der Waals surface area contributed by atoms with Crippen molar-refractivity contribution < 1.29 is 4.74 Å². The standard InChI is InChI=1S/C9H17BrO/c1-6-11-9(4,5)7-8(2,3)10/h6H,1,7H2,2-5H3. The van der Waals surface area contributed by atoms with Gasteiger partial charge in [0.2, 0.25) is 0 Å². The van der Waals surface area contributed by atoms with Crippen LogP contribution in [0.3, 0.4) is 0 Å². The lowest BCUT2D eigenvalue weighted by Gasteiger charge is -2.30. The normalized spacial score (nSPS) is 12.8. The van der Waals surface area contributed by atoms with Crippen molar-refractivity contribution in [2.24, 2.45) is 0 Å². The summed E-state index contributed by atoms with van der Waals surface area (Å²) in [6, 6.07) is 0. The molecule has 0 saturated heterocycles. The highest BCUT2D eigenvalue weighted by Gasteiger charge is 2.26. The first-order valence-electron chi connectivity index (χ1n) is 3.74. The van der Waals surface area contributed by atoms with Crippen molar-refractivity contribution in [3.63, 3.8) is 0 Å². The third-order valence-electron chi connectivity index (χ3n) is 1.25. The molecular formula is C9H17BrO. The summed E-state index contributed by atoms with van der Waals surface area (Å²) in [4.78, 5) is 0. The molecule has 0 aliphatic heterocycles. The van der Waals surface area contributed by atoms with Gasteiger partial charge in [-0.05, 0) is 27.7 Å². The van der Waals surface area contributed by atoms with E-state index in [1.54, 1.807) is 0 Å². The molecule has 0 heterocycles. The van der Waals surface area contributed by atoms with E-state index >= 15 is 0 Å². The summed E-state index contributed by atoms with van der Waals surface area (Å²) < 4.78 is 5.46. The molecule has 0 amide bonds. The van der Waals surface area contributed by atoms with Crippen molar-refractivity contribution in [3.05, 3.63) is 12.8 Å². The number of rotatable bonds is 4. The zero-order chi connectivity index (χ0) is 9.12. The van der Waals surface area contributed by atoms with Crippen LogP contribution in [0.25, 0.3) is 0 Å². The van der Waals surface area contributed by atoms with Gasteiger partial charge in [0.15, 0.2) is 0 Å². The van der Waals surface area contributed by atoms with Gasteiger partial charge in [-0.2, -0.15) is 0 Å². The lowest BCUT2D eigenvalue weighted by atomic mass is 9.96. The third-order valence-corrected chi connectivity index (χ3v) is 1.53. The van der Waals surface area contributed by atoms with Gasteiger partial charge in [-0.3, -0.25) is 0 Å². The molecule has 0 rings (SSSR count). The highest BCUT2D eigenvalue weighted by molar-refractivity contribution is 9.10. The first-order chi connectivity index (χ1) is 4.77. The molecule has 0 N–H and O–H groups in total. The summed E-state index contributed by atoms with van der Waals surface area (Å²) in [5, 5.41) is 0. The molecule has 0 aromatic rings. The van der Waals surface area contributed by atoms with Gasteiger partial charge < -0.3 is 4.74 Å². The molecule has 0 bridgehead atoms. The zero-order valence-electron chi connectivity index (χ0n) is 7.78. The van der Waals surface area contributed by atoms with Gasteiger partial charge in [-0.1, -0.05) is 22.5 Å². The van der Waals surface area contributed by atoms with E-state index in [4.69, 9.17) is 4.74 Å². The maximum atomic E-state index is 5.34. The quantitative estimate of drug-likeness (QED) is 0.521. The molecule has 2 heteroatoms. The predicted octanol–water partition coefficient (Wildman–Crippen LogP) is 3.49. The van der Waals surface area contributed by atoms with Crippen molar-refractivity contribution in [3.8, 4) is 0 Å². The van der Waals surface area contributed by atoms with Crippen LogP contribution in [0.1, 0.15) is 34.1 Å². The van der Waals surface area contributed by atoms with E-state index in [1.165, 1.54) is 6.26 Å². The van der Waals surface area contributed by atoms with E-state index in [-0.39, 0.29) is 9.93 Å². The molecule has 0 spiro atoms. The summed E-state index contributed by atoms with van der Waals surface area (Å²) in [5.74, 6) is 0. The Labute approximate surface area is 78.0 Å². The highest BCUT2D eigenvalue weighted by atomic mass is 79.9. The Kier molecular flexibility index (Phi) is 3.62. The lowest BCUT2D eigenvalue weighted by molar-refractivity contribution is 0.0438. The molecular weight excluding hydrogens is 204 g/mol. The molecule has 0 aliphatic carbocycles. The number of alkyl halides is 1. The summed E-state index contributed by atoms with van der Waals surface area (Å²) in [6.45, 7) is 11.9. The van der Waals surface area contributed by atoms with Crippen molar-refractivity contribution in [2.75, 3.05) is 0 Å². The van der Waals surface area contributed by atoms with Gasteiger partial charge in [-0.25, -0.2) is 0 Å². The summed E-state index contributed by atoms with van der Waals surface area (Å²) in [7, 11) is 0. The number of ether oxygens (including phenoxy) is 1. The monoisotopic (exact) mass is 220 g/mol. The summed E-state index contributed by atoms with van der Waals surface area (Å²) in [6.07, 6.45) is 2.45. The molecule has 0 aromatic heterocycles. The molecule has 0 aliphatic rings. The number of hydrogen-bond donors (Lipinski definition) is 0. The minimum absolute atomic E-state index is 0.125. The van der Waals surface area contributed by atoms with Crippen LogP contribution in [0.5, 0.6) is 0 Å². The number of hydrogen-bond acceptors (Lipinski definition) is 1.